The van der Waals surface area contributed by atoms with Gasteiger partial charge in [0.05, 0.1) is 10.9 Å². The van der Waals surface area contributed by atoms with E-state index in [1.807, 2.05) is 0 Å². The Hall–Kier alpha value is -1.64. The molecule has 2 aromatic heterocycles. The molecule has 0 aliphatic rings. The van der Waals surface area contributed by atoms with Crippen molar-refractivity contribution in [3.05, 3.63) is 47.5 Å². The number of aryl methyl sites for hydroxylation is 1. The predicted molar refractivity (Wildman–Crippen MR) is 54.0 cm³/mol. The Kier molecular flexibility index (Phi) is 2.31. The summed E-state index contributed by atoms with van der Waals surface area (Å²) < 4.78 is 5.10. The van der Waals surface area contributed by atoms with Crippen LogP contribution >= 0.6 is 0 Å². The summed E-state index contributed by atoms with van der Waals surface area (Å²) in [5.41, 5.74) is 0.367. The first-order valence-corrected chi connectivity index (χ1v) is 4.48. The molecule has 0 saturated carbocycles. The van der Waals surface area contributed by atoms with E-state index in [4.69, 9.17) is 4.42 Å². The predicted octanol–water partition coefficient (Wildman–Crippen LogP) is 1.95. The van der Waals surface area contributed by atoms with E-state index in [0.29, 0.717) is 29.5 Å². The van der Waals surface area contributed by atoms with Crippen molar-refractivity contribution in [1.29, 1.82) is 0 Å². The lowest BCUT2D eigenvalue weighted by molar-refractivity contribution is 0.467. The largest absolute Gasteiger partial charge is 0.427 e. The minimum atomic E-state index is -0.320. The first-order valence-electron chi connectivity index (χ1n) is 4.48. The SMILES string of the molecule is [CH2]CCc1cc2ncccc2c(=O)o1. The van der Waals surface area contributed by atoms with Gasteiger partial charge >= 0.3 is 5.63 Å². The van der Waals surface area contributed by atoms with Crippen LogP contribution in [0.4, 0.5) is 0 Å². The molecule has 2 aromatic rings. The number of rotatable bonds is 2. The van der Waals surface area contributed by atoms with Crippen LogP contribution in [0.25, 0.3) is 10.9 Å². The first-order chi connectivity index (χ1) is 6.81. The molecule has 14 heavy (non-hydrogen) atoms. The normalized spacial score (nSPS) is 10.6. The molecule has 0 aliphatic carbocycles. The summed E-state index contributed by atoms with van der Waals surface area (Å²) in [6, 6.07) is 5.23. The number of hydrogen-bond acceptors (Lipinski definition) is 3. The molecule has 3 nitrogen and oxygen atoms in total. The molecular formula is C11H10NO2. The summed E-state index contributed by atoms with van der Waals surface area (Å²) in [7, 11) is 0. The smallest absolute Gasteiger partial charge is 0.345 e. The molecule has 0 saturated heterocycles. The first kappa shape index (κ1) is 8.94. The van der Waals surface area contributed by atoms with Gasteiger partial charge < -0.3 is 4.42 Å². The van der Waals surface area contributed by atoms with Crippen LogP contribution in [0.5, 0.6) is 0 Å². The van der Waals surface area contributed by atoms with Crippen LogP contribution < -0.4 is 5.63 Å². The molecule has 0 N–H and O–H groups in total. The lowest BCUT2D eigenvalue weighted by Gasteiger charge is -1.98. The molecule has 0 amide bonds. The molecule has 0 aromatic carbocycles. The summed E-state index contributed by atoms with van der Waals surface area (Å²) >= 11 is 0. The Morgan fingerprint density at radius 1 is 1.50 bits per heavy atom. The molecule has 2 heterocycles. The summed E-state index contributed by atoms with van der Waals surface area (Å²) in [6.07, 6.45) is 3.04. The van der Waals surface area contributed by atoms with Crippen LogP contribution in [0, 0.1) is 6.92 Å². The Labute approximate surface area is 81.4 Å². The molecule has 0 fully saturated rings. The van der Waals surface area contributed by atoms with Crippen molar-refractivity contribution in [3.63, 3.8) is 0 Å². The van der Waals surface area contributed by atoms with Gasteiger partial charge in [0.15, 0.2) is 0 Å². The van der Waals surface area contributed by atoms with Crippen LogP contribution in [0.3, 0.4) is 0 Å². The zero-order valence-corrected chi connectivity index (χ0v) is 7.69. The lowest BCUT2D eigenvalue weighted by atomic mass is 10.2. The van der Waals surface area contributed by atoms with E-state index in [2.05, 4.69) is 11.9 Å². The molecule has 3 heteroatoms. The summed E-state index contributed by atoms with van der Waals surface area (Å²) in [5.74, 6) is 0.649. The third-order valence-corrected chi connectivity index (χ3v) is 2.00. The fourth-order valence-electron chi connectivity index (χ4n) is 1.36. The topological polar surface area (TPSA) is 43.1 Å². The van der Waals surface area contributed by atoms with Crippen molar-refractivity contribution >= 4 is 10.9 Å². The van der Waals surface area contributed by atoms with Gasteiger partial charge in [0.2, 0.25) is 0 Å². The maximum absolute atomic E-state index is 11.4. The van der Waals surface area contributed by atoms with Gasteiger partial charge in [-0.3, -0.25) is 4.98 Å². The van der Waals surface area contributed by atoms with Crippen molar-refractivity contribution in [2.75, 3.05) is 0 Å². The monoisotopic (exact) mass is 188 g/mol. The number of fused-ring (bicyclic) bond motifs is 1. The summed E-state index contributed by atoms with van der Waals surface area (Å²) in [6.45, 7) is 3.71. The molecule has 71 valence electrons. The number of hydrogen-bond donors (Lipinski definition) is 0. The minimum absolute atomic E-state index is 0.320. The van der Waals surface area contributed by atoms with Crippen LogP contribution in [0.2, 0.25) is 0 Å². The molecule has 0 unspecified atom stereocenters. The van der Waals surface area contributed by atoms with Gasteiger partial charge in [-0.15, -0.1) is 0 Å². The Morgan fingerprint density at radius 3 is 3.14 bits per heavy atom. The van der Waals surface area contributed by atoms with Crippen LogP contribution in [0.1, 0.15) is 12.2 Å². The molecule has 1 radical (unpaired) electrons. The van der Waals surface area contributed by atoms with Gasteiger partial charge in [0.25, 0.3) is 0 Å². The highest BCUT2D eigenvalue weighted by molar-refractivity contribution is 5.76. The average molecular weight is 188 g/mol. The van der Waals surface area contributed by atoms with Crippen LogP contribution in [-0.2, 0) is 6.42 Å². The third kappa shape index (κ3) is 1.53. The quantitative estimate of drug-likeness (QED) is 0.723. The number of nitrogens with zero attached hydrogens (tertiary/aromatic N) is 1. The van der Waals surface area contributed by atoms with E-state index in [1.165, 1.54) is 0 Å². The Morgan fingerprint density at radius 2 is 2.36 bits per heavy atom. The van der Waals surface area contributed by atoms with Crippen LogP contribution in [0.15, 0.2) is 33.6 Å². The van der Waals surface area contributed by atoms with E-state index in [1.54, 1.807) is 24.4 Å². The fraction of sp³-hybridized carbons (Fsp3) is 0.182. The van der Waals surface area contributed by atoms with E-state index >= 15 is 0 Å². The Balaban J connectivity index is 2.66. The van der Waals surface area contributed by atoms with Gasteiger partial charge in [-0.2, -0.15) is 0 Å². The number of aromatic nitrogens is 1. The molecule has 2 rings (SSSR count). The van der Waals surface area contributed by atoms with Crippen molar-refractivity contribution < 1.29 is 4.42 Å². The second kappa shape index (κ2) is 3.62. The van der Waals surface area contributed by atoms with E-state index < -0.39 is 0 Å². The maximum atomic E-state index is 11.4. The van der Waals surface area contributed by atoms with E-state index in [9.17, 15) is 4.79 Å². The van der Waals surface area contributed by atoms with Crippen LogP contribution in [-0.4, -0.2) is 4.98 Å². The minimum Gasteiger partial charge on any atom is -0.427 e. The number of pyridine rings is 1. The highest BCUT2D eigenvalue weighted by Gasteiger charge is 2.03. The second-order valence-corrected chi connectivity index (χ2v) is 3.04. The molecule has 0 aliphatic heterocycles. The zero-order valence-electron chi connectivity index (χ0n) is 7.69. The molecule has 0 bridgehead atoms. The van der Waals surface area contributed by atoms with Gasteiger partial charge in [-0.25, -0.2) is 4.79 Å². The van der Waals surface area contributed by atoms with Gasteiger partial charge in [-0.1, -0.05) is 6.92 Å². The highest BCUT2D eigenvalue weighted by Crippen LogP contribution is 2.09. The van der Waals surface area contributed by atoms with Gasteiger partial charge in [0.1, 0.15) is 5.76 Å². The van der Waals surface area contributed by atoms with Gasteiger partial charge in [-0.05, 0) is 18.6 Å². The third-order valence-electron chi connectivity index (χ3n) is 2.00. The lowest BCUT2D eigenvalue weighted by Crippen LogP contribution is -2.02. The molecule has 0 atom stereocenters. The van der Waals surface area contributed by atoms with Crippen molar-refractivity contribution in [2.24, 2.45) is 0 Å². The van der Waals surface area contributed by atoms with Crippen molar-refractivity contribution in [1.82, 2.24) is 4.98 Å². The molecule has 0 spiro atoms. The van der Waals surface area contributed by atoms with E-state index in [-0.39, 0.29) is 5.63 Å². The van der Waals surface area contributed by atoms with Crippen molar-refractivity contribution in [2.45, 2.75) is 12.8 Å². The highest BCUT2D eigenvalue weighted by atomic mass is 16.4. The van der Waals surface area contributed by atoms with Gasteiger partial charge in [0, 0.05) is 18.7 Å². The maximum Gasteiger partial charge on any atom is 0.345 e. The second-order valence-electron chi connectivity index (χ2n) is 3.04. The standard InChI is InChI=1S/C11H10NO2/c1-2-4-8-7-10-9(11(13)14-8)5-3-6-12-10/h3,5-7H,1-2,4H2. The Bertz CT molecular complexity index is 502. The summed E-state index contributed by atoms with van der Waals surface area (Å²) in [5, 5.41) is 0.528. The zero-order chi connectivity index (χ0) is 9.97. The molecular weight excluding hydrogens is 178 g/mol. The average Bonchev–Trinajstić information content (AvgIpc) is 2.18. The fourth-order valence-corrected chi connectivity index (χ4v) is 1.36. The van der Waals surface area contributed by atoms with E-state index in [0.717, 1.165) is 0 Å². The van der Waals surface area contributed by atoms with Crippen molar-refractivity contribution in [3.8, 4) is 0 Å². The summed E-state index contributed by atoms with van der Waals surface area (Å²) in [4.78, 5) is 15.6.